The fourth-order valence-corrected chi connectivity index (χ4v) is 3.83. The summed E-state index contributed by atoms with van der Waals surface area (Å²) in [6.45, 7) is 4.03. The molecule has 7 heteroatoms. The standard InChI is InChI=1S/C19H28ClN3O2.HI/c1-21-18(22-13-17-6-3-9-25-17)23-14-19(7-10-24-11-8-19)15-4-2-5-16(20)12-15;/h2,4-5,12,17H,3,6-11,13-14H2,1H3,(H2,21,22,23);1H. The molecule has 2 aliphatic heterocycles. The van der Waals surface area contributed by atoms with Crippen LogP contribution < -0.4 is 10.6 Å². The van der Waals surface area contributed by atoms with Gasteiger partial charge in [-0.1, -0.05) is 23.7 Å². The summed E-state index contributed by atoms with van der Waals surface area (Å²) in [5.41, 5.74) is 1.29. The molecule has 2 heterocycles. The Labute approximate surface area is 178 Å². The van der Waals surface area contributed by atoms with Gasteiger partial charge in [0.25, 0.3) is 0 Å². The van der Waals surface area contributed by atoms with Gasteiger partial charge in [0.1, 0.15) is 0 Å². The molecule has 2 saturated heterocycles. The zero-order valence-corrected chi connectivity index (χ0v) is 18.4. The summed E-state index contributed by atoms with van der Waals surface area (Å²) in [7, 11) is 1.81. The van der Waals surface area contributed by atoms with Gasteiger partial charge in [0, 0.05) is 50.4 Å². The van der Waals surface area contributed by atoms with Crippen LogP contribution in [0.4, 0.5) is 0 Å². The zero-order chi connectivity index (χ0) is 17.5. The predicted octanol–water partition coefficient (Wildman–Crippen LogP) is 3.35. The Bertz CT molecular complexity index is 588. The highest BCUT2D eigenvalue weighted by Crippen LogP contribution is 2.35. The molecule has 0 aromatic heterocycles. The van der Waals surface area contributed by atoms with Gasteiger partial charge in [-0.3, -0.25) is 4.99 Å². The quantitative estimate of drug-likeness (QED) is 0.375. The molecule has 5 nitrogen and oxygen atoms in total. The first-order chi connectivity index (χ1) is 12.2. The summed E-state index contributed by atoms with van der Waals surface area (Å²) in [6.07, 6.45) is 4.51. The maximum Gasteiger partial charge on any atom is 0.191 e. The SMILES string of the molecule is CN=C(NCC1CCCO1)NCC1(c2cccc(Cl)c2)CCOCC1.I. The van der Waals surface area contributed by atoms with E-state index in [1.807, 2.05) is 12.1 Å². The van der Waals surface area contributed by atoms with Gasteiger partial charge in [0.2, 0.25) is 0 Å². The van der Waals surface area contributed by atoms with Crippen molar-refractivity contribution in [2.75, 3.05) is 40.0 Å². The Balaban J connectivity index is 0.00000243. The van der Waals surface area contributed by atoms with Gasteiger partial charge >= 0.3 is 0 Å². The molecule has 26 heavy (non-hydrogen) atoms. The number of benzene rings is 1. The number of guanidine groups is 1. The van der Waals surface area contributed by atoms with Crippen LogP contribution >= 0.6 is 35.6 Å². The second-order valence-electron chi connectivity index (χ2n) is 6.84. The second kappa shape index (κ2) is 10.7. The normalized spacial score (nSPS) is 22.5. The van der Waals surface area contributed by atoms with Crippen molar-refractivity contribution in [2.24, 2.45) is 4.99 Å². The summed E-state index contributed by atoms with van der Waals surface area (Å²) in [5, 5.41) is 7.68. The number of halogens is 2. The lowest BCUT2D eigenvalue weighted by Gasteiger charge is -2.38. The van der Waals surface area contributed by atoms with Gasteiger partial charge in [-0.25, -0.2) is 0 Å². The number of rotatable bonds is 5. The van der Waals surface area contributed by atoms with Crippen molar-refractivity contribution in [3.05, 3.63) is 34.9 Å². The minimum absolute atomic E-state index is 0. The lowest BCUT2D eigenvalue weighted by molar-refractivity contribution is 0.0513. The molecular formula is C19H29ClIN3O2. The Morgan fingerprint density at radius 3 is 2.73 bits per heavy atom. The average Bonchev–Trinajstić information content (AvgIpc) is 3.16. The lowest BCUT2D eigenvalue weighted by Crippen LogP contribution is -2.49. The Morgan fingerprint density at radius 2 is 2.08 bits per heavy atom. The molecule has 1 atom stereocenters. The van der Waals surface area contributed by atoms with Gasteiger partial charge in [-0.05, 0) is 43.4 Å². The molecule has 0 aliphatic carbocycles. The van der Waals surface area contributed by atoms with E-state index >= 15 is 0 Å². The first-order valence-electron chi connectivity index (χ1n) is 9.12. The molecule has 1 aromatic rings. The number of aliphatic imine (C=N–C) groups is 1. The van der Waals surface area contributed by atoms with E-state index in [4.69, 9.17) is 21.1 Å². The minimum Gasteiger partial charge on any atom is -0.381 e. The molecular weight excluding hydrogens is 465 g/mol. The number of ether oxygens (including phenoxy) is 2. The van der Waals surface area contributed by atoms with Crippen LogP contribution in [0, 0.1) is 0 Å². The Hall–Kier alpha value is -0.570. The highest BCUT2D eigenvalue weighted by atomic mass is 127. The van der Waals surface area contributed by atoms with Crippen molar-refractivity contribution in [1.82, 2.24) is 10.6 Å². The number of nitrogens with one attached hydrogen (secondary N) is 2. The monoisotopic (exact) mass is 493 g/mol. The van der Waals surface area contributed by atoms with E-state index in [0.29, 0.717) is 6.10 Å². The third kappa shape index (κ3) is 5.71. The van der Waals surface area contributed by atoms with E-state index in [1.165, 1.54) is 5.56 Å². The van der Waals surface area contributed by atoms with E-state index in [1.54, 1.807) is 7.05 Å². The topological polar surface area (TPSA) is 54.9 Å². The Morgan fingerprint density at radius 1 is 1.27 bits per heavy atom. The first-order valence-corrected chi connectivity index (χ1v) is 9.50. The second-order valence-corrected chi connectivity index (χ2v) is 7.28. The van der Waals surface area contributed by atoms with E-state index in [2.05, 4.69) is 27.8 Å². The Kier molecular flexibility index (Phi) is 8.93. The van der Waals surface area contributed by atoms with Crippen LogP contribution in [-0.4, -0.2) is 52.0 Å². The van der Waals surface area contributed by atoms with E-state index in [0.717, 1.165) is 69.6 Å². The van der Waals surface area contributed by atoms with Gasteiger partial charge in [0.15, 0.2) is 5.96 Å². The summed E-state index contributed by atoms with van der Waals surface area (Å²) in [4.78, 5) is 4.36. The van der Waals surface area contributed by atoms with Gasteiger partial charge in [-0.2, -0.15) is 0 Å². The van der Waals surface area contributed by atoms with Crippen LogP contribution in [0.25, 0.3) is 0 Å². The molecule has 3 rings (SSSR count). The maximum atomic E-state index is 6.24. The van der Waals surface area contributed by atoms with E-state index in [9.17, 15) is 0 Å². The molecule has 146 valence electrons. The van der Waals surface area contributed by atoms with E-state index < -0.39 is 0 Å². The maximum absolute atomic E-state index is 6.24. The first kappa shape index (κ1) is 21.7. The van der Waals surface area contributed by atoms with Crippen LogP contribution in [0.15, 0.2) is 29.3 Å². The van der Waals surface area contributed by atoms with Crippen LogP contribution in [0.5, 0.6) is 0 Å². The van der Waals surface area contributed by atoms with Crippen molar-refractivity contribution in [1.29, 1.82) is 0 Å². The van der Waals surface area contributed by atoms with Crippen molar-refractivity contribution < 1.29 is 9.47 Å². The summed E-state index contributed by atoms with van der Waals surface area (Å²) in [6, 6.07) is 8.20. The van der Waals surface area contributed by atoms with Crippen molar-refractivity contribution >= 4 is 41.5 Å². The summed E-state index contributed by atoms with van der Waals surface area (Å²) >= 11 is 6.24. The zero-order valence-electron chi connectivity index (χ0n) is 15.3. The third-order valence-corrected chi connectivity index (χ3v) is 5.46. The summed E-state index contributed by atoms with van der Waals surface area (Å²) in [5.74, 6) is 0.823. The molecule has 2 aliphatic rings. The fraction of sp³-hybridized carbons (Fsp3) is 0.632. The van der Waals surface area contributed by atoms with E-state index in [-0.39, 0.29) is 29.4 Å². The predicted molar refractivity (Wildman–Crippen MR) is 117 cm³/mol. The summed E-state index contributed by atoms with van der Waals surface area (Å²) < 4.78 is 11.3. The van der Waals surface area contributed by atoms with Gasteiger partial charge in [0.05, 0.1) is 6.10 Å². The molecule has 2 N–H and O–H groups in total. The van der Waals surface area contributed by atoms with Crippen molar-refractivity contribution in [3.8, 4) is 0 Å². The highest BCUT2D eigenvalue weighted by molar-refractivity contribution is 14.0. The molecule has 0 spiro atoms. The number of nitrogens with zero attached hydrogens (tertiary/aromatic N) is 1. The molecule has 0 radical (unpaired) electrons. The smallest absolute Gasteiger partial charge is 0.191 e. The fourth-order valence-electron chi connectivity index (χ4n) is 3.64. The van der Waals surface area contributed by atoms with Crippen molar-refractivity contribution in [3.63, 3.8) is 0 Å². The lowest BCUT2D eigenvalue weighted by atomic mass is 9.74. The molecule has 0 saturated carbocycles. The molecule has 1 aromatic carbocycles. The highest BCUT2D eigenvalue weighted by Gasteiger charge is 2.34. The van der Waals surface area contributed by atoms with Crippen LogP contribution in [0.3, 0.4) is 0 Å². The van der Waals surface area contributed by atoms with Crippen LogP contribution in [-0.2, 0) is 14.9 Å². The third-order valence-electron chi connectivity index (χ3n) is 5.23. The molecule has 1 unspecified atom stereocenters. The molecule has 0 amide bonds. The van der Waals surface area contributed by atoms with Crippen molar-refractivity contribution in [2.45, 2.75) is 37.2 Å². The van der Waals surface area contributed by atoms with Crippen LogP contribution in [0.2, 0.25) is 5.02 Å². The van der Waals surface area contributed by atoms with Crippen LogP contribution in [0.1, 0.15) is 31.2 Å². The average molecular weight is 494 g/mol. The van der Waals surface area contributed by atoms with Gasteiger partial charge < -0.3 is 20.1 Å². The number of hydrogen-bond donors (Lipinski definition) is 2. The minimum atomic E-state index is 0. The molecule has 0 bridgehead atoms. The molecule has 2 fully saturated rings. The number of hydrogen-bond acceptors (Lipinski definition) is 3. The van der Waals surface area contributed by atoms with Gasteiger partial charge in [-0.15, -0.1) is 24.0 Å². The largest absolute Gasteiger partial charge is 0.381 e.